The van der Waals surface area contributed by atoms with Gasteiger partial charge in [0.05, 0.1) is 0 Å². The van der Waals surface area contributed by atoms with Gasteiger partial charge in [0.1, 0.15) is 0 Å². The van der Waals surface area contributed by atoms with Gasteiger partial charge in [-0.15, -0.1) is 12.4 Å². The average Bonchev–Trinajstić information content (AvgIpc) is 1.80. The maximum Gasteiger partial charge on any atom is 0.0317 e. The minimum atomic E-state index is 0. The molecule has 3 heteroatoms. The van der Waals surface area contributed by atoms with E-state index in [-0.39, 0.29) is 12.4 Å². The number of rotatable bonds is 0. The van der Waals surface area contributed by atoms with E-state index >= 15 is 0 Å². The van der Waals surface area contributed by atoms with Crippen molar-refractivity contribution in [2.24, 2.45) is 0 Å². The van der Waals surface area contributed by atoms with Crippen LogP contribution in [0.2, 0.25) is 0 Å². The van der Waals surface area contributed by atoms with E-state index in [0.29, 0.717) is 0 Å². The number of benzene rings is 1. The molecule has 10 heavy (non-hydrogen) atoms. The van der Waals surface area contributed by atoms with Gasteiger partial charge < -0.3 is 5.73 Å². The van der Waals surface area contributed by atoms with Crippen LogP contribution >= 0.6 is 28.3 Å². The summed E-state index contributed by atoms with van der Waals surface area (Å²) in [5.74, 6) is 0. The molecule has 1 aromatic rings. The molecular formula is C7H9BrClN. The molecule has 0 unspecified atom stereocenters. The zero-order valence-electron chi connectivity index (χ0n) is 5.60. The van der Waals surface area contributed by atoms with E-state index in [4.69, 9.17) is 5.73 Å². The second-order valence-corrected chi connectivity index (χ2v) is 2.86. The molecule has 0 atom stereocenters. The minimum absolute atomic E-state index is 0. The summed E-state index contributed by atoms with van der Waals surface area (Å²) in [7, 11) is 0. The molecular weight excluding hydrogens is 213 g/mol. The third-order valence-corrected chi connectivity index (χ3v) is 2.07. The summed E-state index contributed by atoms with van der Waals surface area (Å²) in [5, 5.41) is 0. The number of nitrogen functional groups attached to an aromatic ring is 1. The molecule has 1 aromatic carbocycles. The molecule has 0 aliphatic heterocycles. The van der Waals surface area contributed by atoms with Gasteiger partial charge in [0.25, 0.3) is 0 Å². The molecule has 0 fully saturated rings. The van der Waals surface area contributed by atoms with Crippen molar-refractivity contribution in [1.82, 2.24) is 0 Å². The third-order valence-electron chi connectivity index (χ3n) is 1.18. The van der Waals surface area contributed by atoms with Crippen LogP contribution in [0.1, 0.15) is 5.56 Å². The lowest BCUT2D eigenvalue weighted by Crippen LogP contribution is -1.84. The van der Waals surface area contributed by atoms with Gasteiger partial charge in [-0.05, 0) is 30.7 Å². The first-order valence-electron chi connectivity index (χ1n) is 2.72. The number of anilines is 1. The van der Waals surface area contributed by atoms with Gasteiger partial charge in [-0.2, -0.15) is 0 Å². The monoisotopic (exact) mass is 221 g/mol. The summed E-state index contributed by atoms with van der Waals surface area (Å²) in [4.78, 5) is 0. The molecule has 0 amide bonds. The highest BCUT2D eigenvalue weighted by atomic mass is 79.9. The van der Waals surface area contributed by atoms with Gasteiger partial charge in [0.2, 0.25) is 0 Å². The first-order chi connectivity index (χ1) is 4.20. The van der Waals surface area contributed by atoms with Crippen LogP contribution in [0.4, 0.5) is 5.69 Å². The molecule has 1 rings (SSSR count). The molecule has 0 saturated carbocycles. The number of hydrogen-bond donors (Lipinski definition) is 1. The molecule has 0 radical (unpaired) electrons. The van der Waals surface area contributed by atoms with Gasteiger partial charge in [-0.3, -0.25) is 0 Å². The van der Waals surface area contributed by atoms with Gasteiger partial charge in [-0.1, -0.05) is 15.9 Å². The molecule has 0 heterocycles. The molecule has 0 spiro atoms. The van der Waals surface area contributed by atoms with Crippen molar-refractivity contribution in [2.45, 2.75) is 6.92 Å². The minimum Gasteiger partial charge on any atom is -0.399 e. The zero-order chi connectivity index (χ0) is 6.85. The Hall–Kier alpha value is -0.210. The first-order valence-corrected chi connectivity index (χ1v) is 3.51. The molecule has 0 bridgehead atoms. The van der Waals surface area contributed by atoms with Crippen LogP contribution in [0.25, 0.3) is 0 Å². The predicted octanol–water partition coefficient (Wildman–Crippen LogP) is 2.76. The average molecular weight is 223 g/mol. The van der Waals surface area contributed by atoms with Crippen molar-refractivity contribution >= 4 is 34.0 Å². The van der Waals surface area contributed by atoms with Crippen LogP contribution in [0.5, 0.6) is 0 Å². The summed E-state index contributed by atoms with van der Waals surface area (Å²) in [6.45, 7) is 2.01. The number of nitrogens with two attached hydrogens (primary N) is 1. The number of aryl methyl sites for hydroxylation is 1. The fourth-order valence-electron chi connectivity index (χ4n) is 0.668. The Labute approximate surface area is 75.2 Å². The second-order valence-electron chi connectivity index (χ2n) is 2.01. The van der Waals surface area contributed by atoms with Crippen LogP contribution in [-0.4, -0.2) is 0 Å². The van der Waals surface area contributed by atoms with Gasteiger partial charge in [0, 0.05) is 10.2 Å². The van der Waals surface area contributed by atoms with E-state index in [0.717, 1.165) is 10.2 Å². The van der Waals surface area contributed by atoms with Crippen LogP contribution in [0, 0.1) is 6.92 Å². The predicted molar refractivity (Wildman–Crippen MR) is 50.5 cm³/mol. The van der Waals surface area contributed by atoms with Crippen LogP contribution in [0.15, 0.2) is 22.7 Å². The Morgan fingerprint density at radius 3 is 2.40 bits per heavy atom. The second kappa shape index (κ2) is 3.84. The van der Waals surface area contributed by atoms with E-state index < -0.39 is 0 Å². The van der Waals surface area contributed by atoms with E-state index in [9.17, 15) is 0 Å². The highest BCUT2D eigenvalue weighted by Gasteiger charge is 1.91. The third kappa shape index (κ3) is 2.20. The summed E-state index contributed by atoms with van der Waals surface area (Å²) in [6, 6.07) is 5.76. The highest BCUT2D eigenvalue weighted by molar-refractivity contribution is 9.10. The van der Waals surface area contributed by atoms with Crippen LogP contribution < -0.4 is 5.73 Å². The van der Waals surface area contributed by atoms with E-state index in [2.05, 4.69) is 15.9 Å². The fourth-order valence-corrected chi connectivity index (χ4v) is 0.915. The van der Waals surface area contributed by atoms with E-state index in [1.54, 1.807) is 0 Å². The molecule has 0 aliphatic carbocycles. The van der Waals surface area contributed by atoms with Gasteiger partial charge in [-0.25, -0.2) is 0 Å². The normalized spacial score (nSPS) is 8.60. The van der Waals surface area contributed by atoms with Crippen molar-refractivity contribution in [3.05, 3.63) is 28.2 Å². The fraction of sp³-hybridized carbons (Fsp3) is 0.143. The smallest absolute Gasteiger partial charge is 0.0317 e. The van der Waals surface area contributed by atoms with Crippen molar-refractivity contribution in [2.75, 3.05) is 5.73 Å². The molecule has 1 nitrogen and oxygen atoms in total. The first kappa shape index (κ1) is 9.79. The lowest BCUT2D eigenvalue weighted by molar-refractivity contribution is 1.43. The van der Waals surface area contributed by atoms with Crippen molar-refractivity contribution in [1.29, 1.82) is 0 Å². The van der Waals surface area contributed by atoms with Crippen molar-refractivity contribution in [3.63, 3.8) is 0 Å². The summed E-state index contributed by atoms with van der Waals surface area (Å²) in [5.41, 5.74) is 7.50. The lowest BCUT2D eigenvalue weighted by Gasteiger charge is -1.96. The summed E-state index contributed by atoms with van der Waals surface area (Å²) < 4.78 is 1.11. The molecule has 56 valence electrons. The Kier molecular flexibility index (Phi) is 3.76. The Balaban J connectivity index is 0.000000810. The Morgan fingerprint density at radius 1 is 1.40 bits per heavy atom. The molecule has 0 aliphatic rings. The lowest BCUT2D eigenvalue weighted by atomic mass is 10.2. The number of hydrogen-bond acceptors (Lipinski definition) is 1. The van der Waals surface area contributed by atoms with E-state index in [1.807, 2.05) is 25.1 Å². The molecule has 0 aromatic heterocycles. The maximum atomic E-state index is 5.51. The number of halogens is 2. The largest absolute Gasteiger partial charge is 0.399 e. The van der Waals surface area contributed by atoms with Gasteiger partial charge >= 0.3 is 0 Å². The topological polar surface area (TPSA) is 26.0 Å². The molecule has 0 saturated heterocycles. The highest BCUT2D eigenvalue weighted by Crippen LogP contribution is 2.17. The van der Waals surface area contributed by atoms with Crippen molar-refractivity contribution < 1.29 is 0 Å². The van der Waals surface area contributed by atoms with Crippen LogP contribution in [-0.2, 0) is 0 Å². The standard InChI is InChI=1S/C7H8BrN.ClH/c1-5-4-6(9)2-3-7(5)8;/h2-4H,9H2,1H3;1H. The van der Waals surface area contributed by atoms with Gasteiger partial charge in [0.15, 0.2) is 0 Å². The van der Waals surface area contributed by atoms with Crippen molar-refractivity contribution in [3.8, 4) is 0 Å². The Bertz CT molecular complexity index is 225. The zero-order valence-corrected chi connectivity index (χ0v) is 8.00. The maximum absolute atomic E-state index is 5.51. The SMILES string of the molecule is Cc1cc(N)ccc1Br.Cl. The Morgan fingerprint density at radius 2 is 2.00 bits per heavy atom. The van der Waals surface area contributed by atoms with E-state index in [1.165, 1.54) is 5.56 Å². The summed E-state index contributed by atoms with van der Waals surface area (Å²) >= 11 is 3.37. The molecule has 2 N–H and O–H groups in total. The quantitative estimate of drug-likeness (QED) is 0.671. The van der Waals surface area contributed by atoms with Crippen LogP contribution in [0.3, 0.4) is 0 Å². The summed E-state index contributed by atoms with van der Waals surface area (Å²) in [6.07, 6.45) is 0.